The van der Waals surface area contributed by atoms with Gasteiger partial charge >= 0.3 is 0 Å². The summed E-state index contributed by atoms with van der Waals surface area (Å²) < 4.78 is 49.6. The van der Waals surface area contributed by atoms with Crippen LogP contribution in [0.25, 0.3) is 21.5 Å². The summed E-state index contributed by atoms with van der Waals surface area (Å²) in [5, 5.41) is 2.29. The normalized spacial score (nSPS) is 29.8. The first-order chi connectivity index (χ1) is 20.9. The summed E-state index contributed by atoms with van der Waals surface area (Å²) in [6.07, 6.45) is 0.972. The zero-order chi connectivity index (χ0) is 30.4. The fraction of sp³-hybridized carbons (Fsp3) is 0.353. The molecule has 2 aliphatic heterocycles. The van der Waals surface area contributed by atoms with Gasteiger partial charge < -0.3 is 0 Å². The summed E-state index contributed by atoms with van der Waals surface area (Å²) in [6, 6.07) is 10.5. The van der Waals surface area contributed by atoms with E-state index in [0.29, 0.717) is 21.5 Å². The van der Waals surface area contributed by atoms with Gasteiger partial charge in [-0.05, 0) is 36.5 Å². The van der Waals surface area contributed by atoms with Crippen LogP contribution in [0.4, 0.5) is 0 Å². The van der Waals surface area contributed by atoms with Gasteiger partial charge in [0.05, 0.1) is 23.0 Å². The highest BCUT2D eigenvalue weighted by Gasteiger charge is 2.50. The minimum Gasteiger partial charge on any atom is -0.294 e. The summed E-state index contributed by atoms with van der Waals surface area (Å²) in [7, 11) is -6.57. The van der Waals surface area contributed by atoms with Crippen LogP contribution in [-0.2, 0) is 19.7 Å². The van der Waals surface area contributed by atoms with Crippen molar-refractivity contribution in [3.8, 4) is 0 Å². The minimum absolute atomic E-state index is 0.0585. The molecule has 0 spiro atoms. The summed E-state index contributed by atoms with van der Waals surface area (Å²) >= 11 is 0. The Morgan fingerprint density at radius 1 is 0.432 bits per heavy atom. The van der Waals surface area contributed by atoms with Gasteiger partial charge in [-0.2, -0.15) is 0 Å². The Bertz CT molecular complexity index is 2140. The molecule has 0 bridgehead atoms. The number of carbonyl (C=O) groups is 4. The van der Waals surface area contributed by atoms with Crippen LogP contribution >= 0.6 is 0 Å². The molecule has 9 rings (SSSR count). The topological polar surface area (TPSA) is 137 Å². The largest absolute Gasteiger partial charge is 0.294 e. The molecule has 0 N–H and O–H groups in total. The molecule has 44 heavy (non-hydrogen) atoms. The first-order valence-electron chi connectivity index (χ1n) is 14.9. The van der Waals surface area contributed by atoms with Crippen LogP contribution in [0.5, 0.6) is 0 Å². The highest BCUT2D eigenvalue weighted by atomic mass is 32.2. The summed E-state index contributed by atoms with van der Waals surface area (Å²) in [5.41, 5.74) is 4.04. The molecule has 2 heterocycles. The van der Waals surface area contributed by atoms with Crippen LogP contribution in [0.1, 0.15) is 67.1 Å². The number of benzene rings is 3. The number of rotatable bonds is 0. The molecular formula is C34H26O8S2. The second-order valence-corrected chi connectivity index (χ2v) is 17.5. The standard InChI is InChI=1S/C34H26O8S2/c35-31-21-5-3-15-1-2-16-4-6-22-30(34(38)26-10-20-14-44(41,42)12-18(20)8-24(26)32(22)36)28(16)27(15)29(21)33(37)25-9-19-13-43(39,40)11-17(19)7-23(25)31/h1-6,23-26H,7-14H2/t23-,24+,25-,26-/m1/s1. The Labute approximate surface area is 253 Å². The molecule has 10 heteroatoms. The van der Waals surface area contributed by atoms with Crippen LogP contribution in [0.2, 0.25) is 0 Å². The quantitative estimate of drug-likeness (QED) is 0.267. The molecule has 3 aromatic rings. The van der Waals surface area contributed by atoms with Gasteiger partial charge in [-0.25, -0.2) is 16.8 Å². The lowest BCUT2D eigenvalue weighted by Crippen LogP contribution is -2.40. The first kappa shape index (κ1) is 26.6. The predicted octanol–water partition coefficient (Wildman–Crippen LogP) is 4.25. The average molecular weight is 627 g/mol. The Kier molecular flexibility index (Phi) is 5.13. The molecular weight excluding hydrogens is 601 g/mol. The first-order valence-corrected chi connectivity index (χ1v) is 18.5. The van der Waals surface area contributed by atoms with E-state index in [2.05, 4.69) is 0 Å². The van der Waals surface area contributed by atoms with Crippen LogP contribution in [0, 0.1) is 23.7 Å². The molecule has 3 aromatic carbocycles. The van der Waals surface area contributed by atoms with Crippen molar-refractivity contribution in [2.24, 2.45) is 23.7 Å². The lowest BCUT2D eigenvalue weighted by atomic mass is 9.64. The van der Waals surface area contributed by atoms with Gasteiger partial charge in [-0.15, -0.1) is 0 Å². The van der Waals surface area contributed by atoms with Gasteiger partial charge in [0.25, 0.3) is 0 Å². The van der Waals surface area contributed by atoms with Crippen molar-refractivity contribution in [2.75, 3.05) is 23.0 Å². The molecule has 0 fully saturated rings. The van der Waals surface area contributed by atoms with E-state index in [0.717, 1.165) is 22.3 Å². The van der Waals surface area contributed by atoms with E-state index in [9.17, 15) is 36.0 Å². The number of Topliss-reactive ketones (excluding diaryl/α,β-unsaturated/α-hetero) is 4. The Morgan fingerprint density at radius 3 is 1.07 bits per heavy atom. The third kappa shape index (κ3) is 3.49. The van der Waals surface area contributed by atoms with Gasteiger partial charge in [0.15, 0.2) is 42.8 Å². The number of hydrogen-bond acceptors (Lipinski definition) is 8. The number of carbonyl (C=O) groups excluding carboxylic acids is 4. The SMILES string of the molecule is O=C1c2ccc3ccc4ccc5c(c4c3c2C(=O)[C@@H]2CC3=C(C[C@H]12)CS(=O)(=O)C3)C(=O)[C@@H]1CC2=C(C[C@H]1C5=O)CS(=O)(=O)C2. The zero-order valence-electron chi connectivity index (χ0n) is 23.5. The number of fused-ring (bicyclic) bond motifs is 9. The smallest absolute Gasteiger partial charge is 0.168 e. The number of hydrogen-bond donors (Lipinski definition) is 0. The monoisotopic (exact) mass is 626 g/mol. The van der Waals surface area contributed by atoms with E-state index < -0.39 is 43.3 Å². The third-order valence-electron chi connectivity index (χ3n) is 11.0. The second kappa shape index (κ2) is 8.48. The van der Waals surface area contributed by atoms with Gasteiger partial charge in [0.1, 0.15) is 0 Å². The van der Waals surface area contributed by atoms with Crippen molar-refractivity contribution < 1.29 is 36.0 Å². The van der Waals surface area contributed by atoms with Crippen LogP contribution in [-0.4, -0.2) is 63.0 Å². The van der Waals surface area contributed by atoms with Crippen LogP contribution < -0.4 is 0 Å². The maximum absolute atomic E-state index is 14.4. The molecule has 0 amide bonds. The molecule has 4 aliphatic carbocycles. The van der Waals surface area contributed by atoms with Crippen molar-refractivity contribution in [3.05, 3.63) is 80.9 Å². The molecule has 0 saturated heterocycles. The molecule has 6 aliphatic rings. The maximum atomic E-state index is 14.4. The highest BCUT2D eigenvalue weighted by molar-refractivity contribution is 7.92. The van der Waals surface area contributed by atoms with E-state index >= 15 is 0 Å². The Hall–Kier alpha value is -3.76. The average Bonchev–Trinajstić information content (AvgIpc) is 3.46. The summed E-state index contributed by atoms with van der Waals surface area (Å²) in [6.45, 7) is 0. The lowest BCUT2D eigenvalue weighted by Gasteiger charge is -2.36. The Balaban J connectivity index is 1.24. The van der Waals surface area contributed by atoms with Gasteiger partial charge in [-0.1, -0.05) is 58.7 Å². The number of ketones is 4. The molecule has 222 valence electrons. The van der Waals surface area contributed by atoms with Crippen molar-refractivity contribution in [2.45, 2.75) is 25.7 Å². The minimum atomic E-state index is -3.28. The fourth-order valence-electron chi connectivity index (χ4n) is 9.04. The summed E-state index contributed by atoms with van der Waals surface area (Å²) in [5.74, 6) is -3.74. The van der Waals surface area contributed by atoms with Gasteiger partial charge in [0, 0.05) is 56.7 Å². The molecule has 8 nitrogen and oxygen atoms in total. The number of sulfone groups is 2. The van der Waals surface area contributed by atoms with E-state index in [1.54, 1.807) is 24.3 Å². The molecule has 0 unspecified atom stereocenters. The molecule has 0 saturated carbocycles. The zero-order valence-corrected chi connectivity index (χ0v) is 25.1. The van der Waals surface area contributed by atoms with Crippen molar-refractivity contribution in [1.29, 1.82) is 0 Å². The van der Waals surface area contributed by atoms with Crippen LogP contribution in [0.15, 0.2) is 58.7 Å². The second-order valence-electron chi connectivity index (χ2n) is 13.4. The van der Waals surface area contributed by atoms with Gasteiger partial charge in [0.2, 0.25) is 0 Å². The maximum Gasteiger partial charge on any atom is 0.168 e. The van der Waals surface area contributed by atoms with Gasteiger partial charge in [-0.3, -0.25) is 19.2 Å². The molecule has 0 aromatic heterocycles. The molecule has 4 atom stereocenters. The lowest BCUT2D eigenvalue weighted by molar-refractivity contribution is 0.0723. The third-order valence-corrected chi connectivity index (χ3v) is 14.1. The van der Waals surface area contributed by atoms with Crippen molar-refractivity contribution in [1.82, 2.24) is 0 Å². The van der Waals surface area contributed by atoms with E-state index in [1.807, 2.05) is 12.1 Å². The van der Waals surface area contributed by atoms with E-state index in [-0.39, 0.29) is 94.1 Å². The van der Waals surface area contributed by atoms with E-state index in [1.165, 1.54) is 0 Å². The van der Waals surface area contributed by atoms with Crippen molar-refractivity contribution in [3.63, 3.8) is 0 Å². The predicted molar refractivity (Wildman–Crippen MR) is 163 cm³/mol. The Morgan fingerprint density at radius 2 is 0.727 bits per heavy atom. The van der Waals surface area contributed by atoms with Crippen LogP contribution in [0.3, 0.4) is 0 Å². The fourth-order valence-corrected chi connectivity index (χ4v) is 12.7. The summed E-state index contributed by atoms with van der Waals surface area (Å²) in [4.78, 5) is 56.7. The molecule has 0 radical (unpaired) electrons. The van der Waals surface area contributed by atoms with Crippen molar-refractivity contribution >= 4 is 64.4 Å². The van der Waals surface area contributed by atoms with E-state index in [4.69, 9.17) is 0 Å². The highest BCUT2D eigenvalue weighted by Crippen LogP contribution is 2.50.